The van der Waals surface area contributed by atoms with Gasteiger partial charge in [-0.15, -0.1) is 0 Å². The van der Waals surface area contributed by atoms with E-state index in [-0.39, 0.29) is 17.9 Å². The van der Waals surface area contributed by atoms with Gasteiger partial charge in [-0.3, -0.25) is 4.79 Å². The normalized spacial score (nSPS) is 13.4. The molecule has 3 heteroatoms. The van der Waals surface area contributed by atoms with Crippen molar-refractivity contribution in [2.24, 2.45) is 11.7 Å². The molecule has 0 bridgehead atoms. The molecule has 0 heterocycles. The van der Waals surface area contributed by atoms with Gasteiger partial charge in [-0.05, 0) is 5.92 Å². The molecule has 60 valence electrons. The third-order valence-corrected chi connectivity index (χ3v) is 1.44. The summed E-state index contributed by atoms with van der Waals surface area (Å²) in [5.74, 6) is 0.213. The fourth-order valence-corrected chi connectivity index (χ4v) is 0.583. The Morgan fingerprint density at radius 3 is 1.90 bits per heavy atom. The van der Waals surface area contributed by atoms with E-state index in [1.165, 1.54) is 4.90 Å². The van der Waals surface area contributed by atoms with Crippen molar-refractivity contribution in [2.45, 2.75) is 19.9 Å². The average molecular weight is 144 g/mol. The van der Waals surface area contributed by atoms with Gasteiger partial charge >= 0.3 is 0 Å². The molecule has 1 amide bonds. The summed E-state index contributed by atoms with van der Waals surface area (Å²) in [6.07, 6.45) is 0. The second-order valence-corrected chi connectivity index (χ2v) is 3.00. The van der Waals surface area contributed by atoms with Gasteiger partial charge in [0.05, 0.1) is 6.04 Å². The van der Waals surface area contributed by atoms with Gasteiger partial charge in [0.25, 0.3) is 0 Å². The zero-order chi connectivity index (χ0) is 8.31. The molecule has 0 aliphatic rings. The van der Waals surface area contributed by atoms with Crippen molar-refractivity contribution in [3.63, 3.8) is 0 Å². The Balaban J connectivity index is 3.95. The van der Waals surface area contributed by atoms with E-state index in [2.05, 4.69) is 0 Å². The number of carbonyl (C=O) groups excluding carboxylic acids is 1. The highest BCUT2D eigenvalue weighted by Crippen LogP contribution is 1.99. The van der Waals surface area contributed by atoms with E-state index in [9.17, 15) is 4.79 Å². The minimum absolute atomic E-state index is 0.00463. The molecule has 0 radical (unpaired) electrons. The third-order valence-electron chi connectivity index (χ3n) is 1.44. The number of nitrogens with zero attached hydrogens (tertiary/aromatic N) is 1. The molecule has 0 aliphatic carbocycles. The van der Waals surface area contributed by atoms with Gasteiger partial charge in [0.1, 0.15) is 0 Å². The first kappa shape index (κ1) is 9.43. The van der Waals surface area contributed by atoms with Crippen molar-refractivity contribution in [1.29, 1.82) is 0 Å². The summed E-state index contributed by atoms with van der Waals surface area (Å²) >= 11 is 0. The molecule has 1 atom stereocenters. The standard InChI is InChI=1S/C7H16N2O/c1-5(2)6(8)7(10)9(3)4/h5-6H,8H2,1-4H3. The highest BCUT2D eigenvalue weighted by Gasteiger charge is 2.17. The van der Waals surface area contributed by atoms with Gasteiger partial charge in [-0.1, -0.05) is 13.8 Å². The maximum Gasteiger partial charge on any atom is 0.239 e. The second kappa shape index (κ2) is 3.56. The third kappa shape index (κ3) is 2.35. The molecule has 0 saturated carbocycles. The molecule has 0 aromatic rings. The monoisotopic (exact) mass is 144 g/mol. The number of nitrogens with two attached hydrogens (primary N) is 1. The summed E-state index contributed by atoms with van der Waals surface area (Å²) < 4.78 is 0. The Bertz CT molecular complexity index is 121. The number of likely N-dealkylation sites (N-methyl/N-ethyl adjacent to an activating group) is 1. The predicted octanol–water partition coefficient (Wildman–Crippen LogP) is 0.0579. The van der Waals surface area contributed by atoms with Crippen LogP contribution in [-0.2, 0) is 4.79 Å². The smallest absolute Gasteiger partial charge is 0.239 e. The van der Waals surface area contributed by atoms with E-state index >= 15 is 0 Å². The summed E-state index contributed by atoms with van der Waals surface area (Å²) in [7, 11) is 3.43. The summed E-state index contributed by atoms with van der Waals surface area (Å²) in [5.41, 5.74) is 5.57. The van der Waals surface area contributed by atoms with Crippen LogP contribution in [0.3, 0.4) is 0 Å². The van der Waals surface area contributed by atoms with Crippen molar-refractivity contribution in [3.05, 3.63) is 0 Å². The van der Waals surface area contributed by atoms with Crippen LogP contribution in [0.1, 0.15) is 13.8 Å². The van der Waals surface area contributed by atoms with Crippen molar-refractivity contribution in [1.82, 2.24) is 4.90 Å². The second-order valence-electron chi connectivity index (χ2n) is 3.00. The predicted molar refractivity (Wildman–Crippen MR) is 41.5 cm³/mol. The number of rotatable bonds is 2. The number of hydrogen-bond acceptors (Lipinski definition) is 2. The molecule has 0 aliphatic heterocycles. The van der Waals surface area contributed by atoms with E-state index < -0.39 is 0 Å². The number of amides is 1. The number of carbonyl (C=O) groups is 1. The van der Waals surface area contributed by atoms with Crippen LogP contribution in [-0.4, -0.2) is 30.9 Å². The Labute approximate surface area is 62.2 Å². The molecule has 0 spiro atoms. The zero-order valence-corrected chi connectivity index (χ0v) is 7.09. The van der Waals surface area contributed by atoms with Crippen LogP contribution < -0.4 is 5.73 Å². The van der Waals surface area contributed by atoms with Gasteiger partial charge in [-0.25, -0.2) is 0 Å². The zero-order valence-electron chi connectivity index (χ0n) is 7.09. The van der Waals surface area contributed by atoms with Crippen molar-refractivity contribution < 1.29 is 4.79 Å². The van der Waals surface area contributed by atoms with Gasteiger partial charge in [0.2, 0.25) is 5.91 Å². The summed E-state index contributed by atoms with van der Waals surface area (Å²) in [6, 6.07) is -0.352. The highest BCUT2D eigenvalue weighted by molar-refractivity contribution is 5.81. The van der Waals surface area contributed by atoms with Gasteiger partial charge in [-0.2, -0.15) is 0 Å². The van der Waals surface area contributed by atoms with Gasteiger partial charge in [0.15, 0.2) is 0 Å². The lowest BCUT2D eigenvalue weighted by atomic mass is 10.0. The molecule has 0 aromatic carbocycles. The molecule has 0 rings (SSSR count). The summed E-state index contributed by atoms with van der Waals surface area (Å²) in [5, 5.41) is 0. The van der Waals surface area contributed by atoms with Crippen molar-refractivity contribution in [2.75, 3.05) is 14.1 Å². The average Bonchev–Trinajstić information content (AvgIpc) is 1.84. The largest absolute Gasteiger partial charge is 0.347 e. The Morgan fingerprint density at radius 2 is 1.80 bits per heavy atom. The maximum absolute atomic E-state index is 11.1. The van der Waals surface area contributed by atoms with Crippen LogP contribution in [0.5, 0.6) is 0 Å². The fourth-order valence-electron chi connectivity index (χ4n) is 0.583. The Kier molecular flexibility index (Phi) is 3.36. The van der Waals surface area contributed by atoms with Crippen LogP contribution in [0.25, 0.3) is 0 Å². The van der Waals surface area contributed by atoms with E-state index in [1.807, 2.05) is 13.8 Å². The van der Waals surface area contributed by atoms with E-state index in [0.717, 1.165) is 0 Å². The fraction of sp³-hybridized carbons (Fsp3) is 0.857. The molecular formula is C7H16N2O. The molecule has 2 N–H and O–H groups in total. The summed E-state index contributed by atoms with van der Waals surface area (Å²) in [4.78, 5) is 12.6. The Hall–Kier alpha value is -0.570. The van der Waals surface area contributed by atoms with Crippen molar-refractivity contribution in [3.8, 4) is 0 Å². The lowest BCUT2D eigenvalue weighted by Gasteiger charge is -2.19. The molecular weight excluding hydrogens is 128 g/mol. The topological polar surface area (TPSA) is 46.3 Å². The van der Waals surface area contributed by atoms with E-state index in [0.29, 0.717) is 0 Å². The first-order chi connectivity index (χ1) is 4.46. The summed E-state index contributed by atoms with van der Waals surface area (Å²) in [6.45, 7) is 3.87. The molecule has 10 heavy (non-hydrogen) atoms. The van der Waals surface area contributed by atoms with E-state index in [4.69, 9.17) is 5.73 Å². The maximum atomic E-state index is 11.1. The number of hydrogen-bond donors (Lipinski definition) is 1. The molecule has 3 nitrogen and oxygen atoms in total. The lowest BCUT2D eigenvalue weighted by molar-refractivity contribution is -0.130. The lowest BCUT2D eigenvalue weighted by Crippen LogP contribution is -2.43. The first-order valence-electron chi connectivity index (χ1n) is 3.43. The van der Waals surface area contributed by atoms with Crippen LogP contribution in [0.2, 0.25) is 0 Å². The Morgan fingerprint density at radius 1 is 1.40 bits per heavy atom. The van der Waals surface area contributed by atoms with Crippen LogP contribution in [0, 0.1) is 5.92 Å². The quantitative estimate of drug-likeness (QED) is 0.595. The van der Waals surface area contributed by atoms with E-state index in [1.54, 1.807) is 14.1 Å². The molecule has 1 unspecified atom stereocenters. The van der Waals surface area contributed by atoms with Crippen LogP contribution in [0.15, 0.2) is 0 Å². The van der Waals surface area contributed by atoms with Crippen LogP contribution >= 0.6 is 0 Å². The van der Waals surface area contributed by atoms with Crippen LogP contribution in [0.4, 0.5) is 0 Å². The molecule has 0 aromatic heterocycles. The highest BCUT2D eigenvalue weighted by atomic mass is 16.2. The molecule has 0 fully saturated rings. The first-order valence-corrected chi connectivity index (χ1v) is 3.43. The SMILES string of the molecule is CC(C)C(N)C(=O)N(C)C. The minimum atomic E-state index is -0.352. The van der Waals surface area contributed by atoms with Gasteiger partial charge in [0, 0.05) is 14.1 Å². The minimum Gasteiger partial charge on any atom is -0.347 e. The van der Waals surface area contributed by atoms with Gasteiger partial charge < -0.3 is 10.6 Å². The van der Waals surface area contributed by atoms with Crippen molar-refractivity contribution >= 4 is 5.91 Å². The molecule has 0 saturated heterocycles.